The number of halogens is 1. The molecule has 0 saturated heterocycles. The largest absolute Gasteiger partial charge is 0.444 e. The van der Waals surface area contributed by atoms with Crippen LogP contribution in [-0.2, 0) is 14.3 Å². The smallest absolute Gasteiger partial charge is 0.331 e. The third-order valence-corrected chi connectivity index (χ3v) is 4.60. The van der Waals surface area contributed by atoms with Crippen LogP contribution in [0.4, 0.5) is 5.69 Å². The Morgan fingerprint density at radius 1 is 0.933 bits per heavy atom. The van der Waals surface area contributed by atoms with E-state index < -0.39 is 18.0 Å². The van der Waals surface area contributed by atoms with Gasteiger partial charge in [-0.25, -0.2) is 4.79 Å². The molecule has 5 heteroatoms. The number of aryl methyl sites for hydroxylation is 2. The lowest BCUT2D eigenvalue weighted by atomic mass is 10.1. The molecular formula is C25H22ClNO3. The highest BCUT2D eigenvalue weighted by Gasteiger charge is 2.24. The van der Waals surface area contributed by atoms with Crippen LogP contribution in [0.2, 0.25) is 5.02 Å². The summed E-state index contributed by atoms with van der Waals surface area (Å²) in [5.41, 5.74) is 4.11. The van der Waals surface area contributed by atoms with E-state index in [2.05, 4.69) is 5.32 Å². The van der Waals surface area contributed by atoms with Gasteiger partial charge in [0.2, 0.25) is 6.10 Å². The summed E-state index contributed by atoms with van der Waals surface area (Å²) in [5, 5.41) is 3.47. The second-order valence-corrected chi connectivity index (χ2v) is 7.41. The molecule has 0 aromatic heterocycles. The van der Waals surface area contributed by atoms with E-state index >= 15 is 0 Å². The zero-order valence-corrected chi connectivity index (χ0v) is 17.5. The van der Waals surface area contributed by atoms with E-state index in [1.54, 1.807) is 54.6 Å². The number of hydrogen-bond acceptors (Lipinski definition) is 3. The Labute approximate surface area is 181 Å². The zero-order valence-electron chi connectivity index (χ0n) is 16.8. The van der Waals surface area contributed by atoms with Gasteiger partial charge in [-0.3, -0.25) is 4.79 Å². The summed E-state index contributed by atoms with van der Waals surface area (Å²) in [7, 11) is 0. The monoisotopic (exact) mass is 419 g/mol. The van der Waals surface area contributed by atoms with Crippen molar-refractivity contribution in [2.75, 3.05) is 5.32 Å². The lowest BCUT2D eigenvalue weighted by molar-refractivity contribution is -0.149. The van der Waals surface area contributed by atoms with Crippen LogP contribution in [0.3, 0.4) is 0 Å². The van der Waals surface area contributed by atoms with Gasteiger partial charge >= 0.3 is 5.97 Å². The third kappa shape index (κ3) is 6.06. The first-order valence-electron chi connectivity index (χ1n) is 9.49. The zero-order chi connectivity index (χ0) is 21.5. The Kier molecular flexibility index (Phi) is 7.04. The lowest BCUT2D eigenvalue weighted by Gasteiger charge is -2.18. The van der Waals surface area contributed by atoms with Gasteiger partial charge in [-0.1, -0.05) is 60.1 Å². The Morgan fingerprint density at radius 3 is 2.20 bits per heavy atom. The van der Waals surface area contributed by atoms with Crippen molar-refractivity contribution in [1.29, 1.82) is 0 Å². The maximum absolute atomic E-state index is 13.0. The summed E-state index contributed by atoms with van der Waals surface area (Å²) in [4.78, 5) is 25.4. The molecule has 0 heterocycles. The van der Waals surface area contributed by atoms with Crippen LogP contribution >= 0.6 is 11.6 Å². The molecule has 0 radical (unpaired) electrons. The second-order valence-electron chi connectivity index (χ2n) is 6.98. The third-order valence-electron chi connectivity index (χ3n) is 4.35. The fraction of sp³-hybridized carbons (Fsp3) is 0.120. The molecule has 1 N–H and O–H groups in total. The fourth-order valence-corrected chi connectivity index (χ4v) is 3.18. The van der Waals surface area contributed by atoms with Crippen LogP contribution in [0, 0.1) is 13.8 Å². The van der Waals surface area contributed by atoms with Gasteiger partial charge in [0.1, 0.15) is 0 Å². The van der Waals surface area contributed by atoms with E-state index in [0.717, 1.165) is 16.7 Å². The molecule has 0 bridgehead atoms. The number of hydrogen-bond donors (Lipinski definition) is 1. The molecule has 152 valence electrons. The molecule has 3 rings (SSSR count). The highest BCUT2D eigenvalue weighted by Crippen LogP contribution is 2.22. The maximum Gasteiger partial charge on any atom is 0.331 e. The normalized spacial score (nSPS) is 11.8. The van der Waals surface area contributed by atoms with Gasteiger partial charge in [0.05, 0.1) is 0 Å². The number of esters is 1. The molecule has 1 amide bonds. The summed E-state index contributed by atoms with van der Waals surface area (Å²) in [6.45, 7) is 3.91. The minimum Gasteiger partial charge on any atom is -0.444 e. The van der Waals surface area contributed by atoms with Crippen LogP contribution in [0.25, 0.3) is 6.08 Å². The van der Waals surface area contributed by atoms with E-state index in [1.807, 2.05) is 38.1 Å². The summed E-state index contributed by atoms with van der Waals surface area (Å²) < 4.78 is 5.51. The summed E-state index contributed by atoms with van der Waals surface area (Å²) in [6, 6.07) is 21.7. The Hall–Kier alpha value is -3.37. The van der Waals surface area contributed by atoms with E-state index in [9.17, 15) is 9.59 Å². The van der Waals surface area contributed by atoms with Crippen molar-refractivity contribution in [3.63, 3.8) is 0 Å². The fourth-order valence-electron chi connectivity index (χ4n) is 3.05. The molecule has 1 atom stereocenters. The Morgan fingerprint density at radius 2 is 1.57 bits per heavy atom. The van der Waals surface area contributed by atoms with Crippen LogP contribution < -0.4 is 5.32 Å². The van der Waals surface area contributed by atoms with Crippen LogP contribution in [0.15, 0.2) is 78.9 Å². The van der Waals surface area contributed by atoms with Crippen molar-refractivity contribution in [1.82, 2.24) is 0 Å². The van der Waals surface area contributed by atoms with Gasteiger partial charge in [-0.15, -0.1) is 0 Å². The topological polar surface area (TPSA) is 55.4 Å². The molecule has 0 aliphatic rings. The summed E-state index contributed by atoms with van der Waals surface area (Å²) >= 11 is 5.87. The van der Waals surface area contributed by atoms with E-state index in [-0.39, 0.29) is 0 Å². The average molecular weight is 420 g/mol. The average Bonchev–Trinajstić information content (AvgIpc) is 2.71. The molecule has 0 fully saturated rings. The van der Waals surface area contributed by atoms with Crippen molar-refractivity contribution >= 4 is 35.2 Å². The van der Waals surface area contributed by atoms with Gasteiger partial charge in [0, 0.05) is 22.3 Å². The molecule has 3 aromatic carbocycles. The Balaban J connectivity index is 1.77. The maximum atomic E-state index is 13.0. The Bertz CT molecular complexity index is 1040. The number of amides is 1. The van der Waals surface area contributed by atoms with Crippen molar-refractivity contribution in [3.05, 3.63) is 106 Å². The van der Waals surface area contributed by atoms with Crippen molar-refractivity contribution in [2.45, 2.75) is 20.0 Å². The van der Waals surface area contributed by atoms with Crippen LogP contribution in [0.5, 0.6) is 0 Å². The molecule has 30 heavy (non-hydrogen) atoms. The molecule has 1 unspecified atom stereocenters. The first-order chi connectivity index (χ1) is 14.4. The number of anilines is 1. The summed E-state index contributed by atoms with van der Waals surface area (Å²) in [6.07, 6.45) is 1.83. The van der Waals surface area contributed by atoms with Crippen molar-refractivity contribution < 1.29 is 14.3 Å². The molecule has 0 aliphatic carbocycles. The first kappa shape index (κ1) is 21.3. The molecule has 4 nitrogen and oxygen atoms in total. The number of carbonyl (C=O) groups is 2. The molecule has 3 aromatic rings. The van der Waals surface area contributed by atoms with Gasteiger partial charge < -0.3 is 10.1 Å². The van der Waals surface area contributed by atoms with Gasteiger partial charge in [0.15, 0.2) is 0 Å². The number of carbonyl (C=O) groups excluding carboxylic acids is 2. The highest BCUT2D eigenvalue weighted by atomic mass is 35.5. The van der Waals surface area contributed by atoms with E-state index in [4.69, 9.17) is 16.3 Å². The predicted molar refractivity (Wildman–Crippen MR) is 120 cm³/mol. The van der Waals surface area contributed by atoms with Gasteiger partial charge in [-0.2, -0.15) is 0 Å². The van der Waals surface area contributed by atoms with Crippen LogP contribution in [0.1, 0.15) is 28.4 Å². The van der Waals surface area contributed by atoms with Crippen molar-refractivity contribution in [2.24, 2.45) is 0 Å². The minimum absolute atomic E-state index is 0.417. The second kappa shape index (κ2) is 9.90. The lowest BCUT2D eigenvalue weighted by Crippen LogP contribution is -2.25. The number of ether oxygens (including phenoxy) is 1. The van der Waals surface area contributed by atoms with Crippen LogP contribution in [-0.4, -0.2) is 11.9 Å². The molecule has 0 aliphatic heterocycles. The minimum atomic E-state index is -1.07. The predicted octanol–water partition coefficient (Wildman–Crippen LogP) is 5.89. The quantitative estimate of drug-likeness (QED) is 0.400. The molecule has 0 spiro atoms. The molecular weight excluding hydrogens is 398 g/mol. The van der Waals surface area contributed by atoms with E-state index in [0.29, 0.717) is 16.3 Å². The first-order valence-corrected chi connectivity index (χ1v) is 9.87. The number of rotatable bonds is 6. The summed E-state index contributed by atoms with van der Waals surface area (Å²) in [5.74, 6) is -1.03. The SMILES string of the molecule is Cc1cc(C)cc(NC(=O)C(OC(=O)/C=C/c2ccc(Cl)cc2)c2ccccc2)c1. The van der Waals surface area contributed by atoms with Crippen molar-refractivity contribution in [3.8, 4) is 0 Å². The number of nitrogens with one attached hydrogen (secondary N) is 1. The number of benzene rings is 3. The molecule has 0 saturated carbocycles. The standard InChI is InChI=1S/C25H22ClNO3/c1-17-14-18(2)16-22(15-17)27-25(29)24(20-6-4-3-5-7-20)30-23(28)13-10-19-8-11-21(26)12-9-19/h3-16,24H,1-2H3,(H,27,29)/b13-10+. The van der Waals surface area contributed by atoms with E-state index in [1.165, 1.54) is 6.08 Å². The highest BCUT2D eigenvalue weighted by molar-refractivity contribution is 6.30. The van der Waals surface area contributed by atoms with Gasteiger partial charge in [0.25, 0.3) is 5.91 Å². The van der Waals surface area contributed by atoms with Gasteiger partial charge in [-0.05, 0) is 60.9 Å².